The SMILES string of the molecule is CCN(CCO)c1nnc2ccccc2n1. The van der Waals surface area contributed by atoms with E-state index in [0.29, 0.717) is 12.5 Å². The van der Waals surface area contributed by atoms with Gasteiger partial charge in [0, 0.05) is 13.1 Å². The minimum Gasteiger partial charge on any atom is -0.395 e. The van der Waals surface area contributed by atoms with Gasteiger partial charge in [0.2, 0.25) is 5.95 Å². The predicted octanol–water partition coefficient (Wildman–Crippen LogP) is 0.843. The van der Waals surface area contributed by atoms with E-state index < -0.39 is 0 Å². The van der Waals surface area contributed by atoms with Gasteiger partial charge in [-0.2, -0.15) is 0 Å². The zero-order chi connectivity index (χ0) is 11.4. The van der Waals surface area contributed by atoms with Gasteiger partial charge in [0.1, 0.15) is 5.52 Å². The number of aliphatic hydroxyl groups is 1. The number of para-hydroxylation sites is 1. The van der Waals surface area contributed by atoms with Crippen LogP contribution in [0.4, 0.5) is 5.95 Å². The van der Waals surface area contributed by atoms with E-state index in [4.69, 9.17) is 5.11 Å². The third kappa shape index (κ3) is 2.09. The van der Waals surface area contributed by atoms with Crippen molar-refractivity contribution in [3.63, 3.8) is 0 Å². The summed E-state index contributed by atoms with van der Waals surface area (Å²) < 4.78 is 0. The zero-order valence-corrected chi connectivity index (χ0v) is 9.17. The second-order valence-corrected chi connectivity index (χ2v) is 3.40. The summed E-state index contributed by atoms with van der Waals surface area (Å²) in [4.78, 5) is 6.29. The molecular weight excluding hydrogens is 204 g/mol. The molecule has 0 aliphatic carbocycles. The summed E-state index contributed by atoms with van der Waals surface area (Å²) in [5.74, 6) is 0.565. The van der Waals surface area contributed by atoms with Crippen LogP contribution in [0.3, 0.4) is 0 Å². The molecule has 2 rings (SSSR count). The first-order valence-corrected chi connectivity index (χ1v) is 5.30. The number of hydrogen-bond donors (Lipinski definition) is 1. The molecule has 1 N–H and O–H groups in total. The maximum Gasteiger partial charge on any atom is 0.246 e. The quantitative estimate of drug-likeness (QED) is 0.824. The lowest BCUT2D eigenvalue weighted by Gasteiger charge is -2.18. The van der Waals surface area contributed by atoms with Crippen LogP contribution in [0.15, 0.2) is 24.3 Å². The van der Waals surface area contributed by atoms with E-state index in [1.807, 2.05) is 36.1 Å². The molecule has 84 valence electrons. The third-order valence-electron chi connectivity index (χ3n) is 2.38. The molecule has 1 heterocycles. The fraction of sp³-hybridized carbons (Fsp3) is 0.364. The third-order valence-corrected chi connectivity index (χ3v) is 2.38. The number of likely N-dealkylation sites (N-methyl/N-ethyl adjacent to an activating group) is 1. The number of aliphatic hydroxyl groups excluding tert-OH is 1. The lowest BCUT2D eigenvalue weighted by molar-refractivity contribution is 0.301. The predicted molar refractivity (Wildman–Crippen MR) is 62.3 cm³/mol. The minimum absolute atomic E-state index is 0.0873. The van der Waals surface area contributed by atoms with Gasteiger partial charge in [-0.3, -0.25) is 0 Å². The van der Waals surface area contributed by atoms with Gasteiger partial charge >= 0.3 is 0 Å². The zero-order valence-electron chi connectivity index (χ0n) is 9.17. The molecule has 5 nitrogen and oxygen atoms in total. The molecule has 16 heavy (non-hydrogen) atoms. The van der Waals surface area contributed by atoms with E-state index in [9.17, 15) is 0 Å². The van der Waals surface area contributed by atoms with Crippen molar-refractivity contribution < 1.29 is 5.11 Å². The molecule has 0 aliphatic rings. The number of anilines is 1. The maximum atomic E-state index is 8.92. The van der Waals surface area contributed by atoms with Crippen molar-refractivity contribution in [2.45, 2.75) is 6.92 Å². The van der Waals surface area contributed by atoms with E-state index in [1.54, 1.807) is 0 Å². The molecule has 1 aromatic heterocycles. The van der Waals surface area contributed by atoms with Crippen molar-refractivity contribution in [2.75, 3.05) is 24.6 Å². The minimum atomic E-state index is 0.0873. The molecule has 0 radical (unpaired) electrons. The van der Waals surface area contributed by atoms with Gasteiger partial charge in [0.25, 0.3) is 0 Å². The van der Waals surface area contributed by atoms with Gasteiger partial charge in [0.05, 0.1) is 12.1 Å². The Balaban J connectivity index is 2.37. The van der Waals surface area contributed by atoms with Gasteiger partial charge in [-0.1, -0.05) is 12.1 Å². The molecule has 0 aliphatic heterocycles. The lowest BCUT2D eigenvalue weighted by atomic mass is 10.3. The highest BCUT2D eigenvalue weighted by atomic mass is 16.3. The van der Waals surface area contributed by atoms with E-state index in [2.05, 4.69) is 15.2 Å². The first-order valence-electron chi connectivity index (χ1n) is 5.30. The first kappa shape index (κ1) is 10.8. The summed E-state index contributed by atoms with van der Waals surface area (Å²) in [6, 6.07) is 7.61. The van der Waals surface area contributed by atoms with Crippen molar-refractivity contribution in [1.82, 2.24) is 15.2 Å². The number of aromatic nitrogens is 3. The first-order chi connectivity index (χ1) is 7.85. The van der Waals surface area contributed by atoms with Crippen molar-refractivity contribution in [2.24, 2.45) is 0 Å². The molecule has 0 spiro atoms. The van der Waals surface area contributed by atoms with E-state index in [-0.39, 0.29) is 6.61 Å². The number of benzene rings is 1. The number of fused-ring (bicyclic) bond motifs is 1. The molecule has 0 atom stereocenters. The van der Waals surface area contributed by atoms with Gasteiger partial charge in [-0.05, 0) is 19.1 Å². The molecule has 0 fully saturated rings. The van der Waals surface area contributed by atoms with Crippen LogP contribution in [-0.4, -0.2) is 40.0 Å². The van der Waals surface area contributed by atoms with Crippen molar-refractivity contribution in [1.29, 1.82) is 0 Å². The molecular formula is C11H14N4O. The molecule has 0 amide bonds. The van der Waals surface area contributed by atoms with E-state index >= 15 is 0 Å². The van der Waals surface area contributed by atoms with Crippen LogP contribution in [0, 0.1) is 0 Å². The van der Waals surface area contributed by atoms with Crippen molar-refractivity contribution in [3.05, 3.63) is 24.3 Å². The van der Waals surface area contributed by atoms with Gasteiger partial charge in [0.15, 0.2) is 0 Å². The van der Waals surface area contributed by atoms with Crippen LogP contribution in [0.5, 0.6) is 0 Å². The second kappa shape index (κ2) is 4.85. The summed E-state index contributed by atoms with van der Waals surface area (Å²) in [5.41, 5.74) is 1.61. The summed E-state index contributed by atoms with van der Waals surface area (Å²) in [6.07, 6.45) is 0. The van der Waals surface area contributed by atoms with E-state index in [1.165, 1.54) is 0 Å². The topological polar surface area (TPSA) is 62.1 Å². The Morgan fingerprint density at radius 3 is 2.62 bits per heavy atom. The maximum absolute atomic E-state index is 8.92. The van der Waals surface area contributed by atoms with Crippen molar-refractivity contribution in [3.8, 4) is 0 Å². The Bertz CT molecular complexity index is 474. The van der Waals surface area contributed by atoms with Gasteiger partial charge < -0.3 is 10.0 Å². The molecule has 5 heteroatoms. The summed E-state index contributed by atoms with van der Waals surface area (Å²) >= 11 is 0. The number of nitrogens with zero attached hydrogens (tertiary/aromatic N) is 4. The smallest absolute Gasteiger partial charge is 0.246 e. The average molecular weight is 218 g/mol. The van der Waals surface area contributed by atoms with Crippen LogP contribution in [-0.2, 0) is 0 Å². The average Bonchev–Trinajstić information content (AvgIpc) is 2.35. The Kier molecular flexibility index (Phi) is 3.26. The Labute approximate surface area is 93.8 Å². The van der Waals surface area contributed by atoms with Crippen LogP contribution in [0.1, 0.15) is 6.92 Å². The second-order valence-electron chi connectivity index (χ2n) is 3.40. The standard InChI is InChI=1S/C11H14N4O/c1-2-15(7-8-16)11-12-9-5-3-4-6-10(9)13-14-11/h3-6,16H,2,7-8H2,1H3. The highest BCUT2D eigenvalue weighted by Gasteiger charge is 2.08. The van der Waals surface area contributed by atoms with Crippen LogP contribution in [0.2, 0.25) is 0 Å². The largest absolute Gasteiger partial charge is 0.395 e. The molecule has 0 saturated heterocycles. The Morgan fingerprint density at radius 1 is 1.19 bits per heavy atom. The number of rotatable bonds is 4. The summed E-state index contributed by atoms with van der Waals surface area (Å²) in [7, 11) is 0. The fourth-order valence-electron chi connectivity index (χ4n) is 1.53. The Hall–Kier alpha value is -1.75. The molecule has 1 aromatic carbocycles. The van der Waals surface area contributed by atoms with Crippen LogP contribution >= 0.6 is 0 Å². The Morgan fingerprint density at radius 2 is 1.94 bits per heavy atom. The lowest BCUT2D eigenvalue weighted by Crippen LogP contribution is -2.28. The summed E-state index contributed by atoms with van der Waals surface area (Å²) in [6.45, 7) is 3.36. The highest BCUT2D eigenvalue weighted by Crippen LogP contribution is 2.11. The summed E-state index contributed by atoms with van der Waals surface area (Å²) in [5, 5.41) is 17.1. The molecule has 0 bridgehead atoms. The molecule has 2 aromatic rings. The monoisotopic (exact) mass is 218 g/mol. The van der Waals surface area contributed by atoms with Crippen LogP contribution < -0.4 is 4.90 Å². The fourth-order valence-corrected chi connectivity index (χ4v) is 1.53. The highest BCUT2D eigenvalue weighted by molar-refractivity contribution is 5.74. The van der Waals surface area contributed by atoms with Gasteiger partial charge in [-0.25, -0.2) is 4.98 Å². The number of hydrogen-bond acceptors (Lipinski definition) is 5. The van der Waals surface area contributed by atoms with Crippen molar-refractivity contribution >= 4 is 17.0 Å². The molecule has 0 saturated carbocycles. The van der Waals surface area contributed by atoms with Crippen LogP contribution in [0.25, 0.3) is 11.0 Å². The van der Waals surface area contributed by atoms with E-state index in [0.717, 1.165) is 17.6 Å². The van der Waals surface area contributed by atoms with Gasteiger partial charge in [-0.15, -0.1) is 10.2 Å². The molecule has 0 unspecified atom stereocenters. The normalized spacial score (nSPS) is 10.6.